The zero-order valence-electron chi connectivity index (χ0n) is 15.3. The summed E-state index contributed by atoms with van der Waals surface area (Å²) in [4.78, 5) is 22.0. The molecule has 0 amide bonds. The molecule has 2 rings (SSSR count). The van der Waals surface area contributed by atoms with Crippen LogP contribution in [0.5, 0.6) is 11.5 Å². The Balaban J connectivity index is 1.79. The molecule has 0 saturated heterocycles. The normalized spacial score (nSPS) is 10.9. The van der Waals surface area contributed by atoms with Crippen molar-refractivity contribution < 1.29 is 28.7 Å². The van der Waals surface area contributed by atoms with Crippen molar-refractivity contribution in [2.24, 2.45) is 0 Å². The number of hydrogen-bond donors (Lipinski definition) is 0. The molecule has 0 aliphatic heterocycles. The van der Waals surface area contributed by atoms with Gasteiger partial charge in [-0.15, -0.1) is 0 Å². The van der Waals surface area contributed by atoms with Gasteiger partial charge >= 0.3 is 6.16 Å². The Morgan fingerprint density at radius 3 is 2.19 bits per heavy atom. The van der Waals surface area contributed by atoms with Crippen LogP contribution in [0.2, 0.25) is 0 Å². The number of ether oxygens (including phenoxy) is 4. The lowest BCUT2D eigenvalue weighted by Gasteiger charge is -2.24. The first kappa shape index (κ1) is 20.2. The molecule has 0 radical (unpaired) electrons. The predicted molar refractivity (Wildman–Crippen MR) is 96.9 cm³/mol. The fourth-order valence-corrected chi connectivity index (χ4v) is 2.14. The number of carbonyl (C=O) groups excluding carboxylic acids is 1. The summed E-state index contributed by atoms with van der Waals surface area (Å²) in [6.45, 7) is 3.90. The first-order chi connectivity index (χ1) is 12.8. The van der Waals surface area contributed by atoms with Crippen LogP contribution < -0.4 is 9.47 Å². The van der Waals surface area contributed by atoms with Gasteiger partial charge in [0.05, 0.1) is 25.2 Å². The molecular formula is C19H21NO7. The van der Waals surface area contributed by atoms with Crippen molar-refractivity contribution in [1.82, 2.24) is 0 Å². The van der Waals surface area contributed by atoms with Crippen LogP contribution in [0.1, 0.15) is 19.4 Å². The molecule has 0 bridgehead atoms. The Morgan fingerprint density at radius 1 is 1.04 bits per heavy atom. The zero-order chi connectivity index (χ0) is 19.9. The SMILES string of the molecule is COc1ccc(COCC(C)(C)OC(=O)Oc2ccc([N+](=O)[O-])cc2)cc1. The Labute approximate surface area is 156 Å². The lowest BCUT2D eigenvalue weighted by Crippen LogP contribution is -2.34. The summed E-state index contributed by atoms with van der Waals surface area (Å²) >= 11 is 0. The second-order valence-corrected chi connectivity index (χ2v) is 6.31. The third kappa shape index (κ3) is 6.59. The number of non-ortho nitro benzene ring substituents is 1. The maximum Gasteiger partial charge on any atom is 0.514 e. The van der Waals surface area contributed by atoms with Gasteiger partial charge in [0.25, 0.3) is 5.69 Å². The van der Waals surface area contributed by atoms with Crippen LogP contribution in [0, 0.1) is 10.1 Å². The maximum atomic E-state index is 11.9. The van der Waals surface area contributed by atoms with Crippen molar-refractivity contribution in [3.8, 4) is 11.5 Å². The first-order valence-corrected chi connectivity index (χ1v) is 8.15. The number of carbonyl (C=O) groups is 1. The minimum atomic E-state index is -0.915. The van der Waals surface area contributed by atoms with Gasteiger partial charge in [-0.1, -0.05) is 12.1 Å². The number of benzene rings is 2. The lowest BCUT2D eigenvalue weighted by molar-refractivity contribution is -0.384. The molecule has 0 N–H and O–H groups in total. The van der Waals surface area contributed by atoms with E-state index in [1.54, 1.807) is 21.0 Å². The maximum absolute atomic E-state index is 11.9. The van der Waals surface area contributed by atoms with Crippen molar-refractivity contribution in [3.05, 3.63) is 64.2 Å². The van der Waals surface area contributed by atoms with Gasteiger partial charge in [0.15, 0.2) is 0 Å². The molecule has 0 fully saturated rings. The lowest BCUT2D eigenvalue weighted by atomic mass is 10.1. The smallest absolute Gasteiger partial charge is 0.497 e. The van der Waals surface area contributed by atoms with Crippen molar-refractivity contribution in [2.75, 3.05) is 13.7 Å². The third-order valence-corrected chi connectivity index (χ3v) is 3.49. The van der Waals surface area contributed by atoms with E-state index in [0.29, 0.717) is 6.61 Å². The van der Waals surface area contributed by atoms with E-state index in [9.17, 15) is 14.9 Å². The average Bonchev–Trinajstić information content (AvgIpc) is 2.62. The average molecular weight is 375 g/mol. The van der Waals surface area contributed by atoms with Gasteiger partial charge in [0, 0.05) is 12.1 Å². The number of nitro groups is 1. The summed E-state index contributed by atoms with van der Waals surface area (Å²) in [5, 5.41) is 10.6. The van der Waals surface area contributed by atoms with Crippen molar-refractivity contribution in [3.63, 3.8) is 0 Å². The molecule has 2 aromatic rings. The molecule has 0 saturated carbocycles. The Morgan fingerprint density at radius 2 is 1.63 bits per heavy atom. The van der Waals surface area contributed by atoms with Gasteiger partial charge < -0.3 is 18.9 Å². The summed E-state index contributed by atoms with van der Waals surface area (Å²) < 4.78 is 21.0. The topological polar surface area (TPSA) is 97.1 Å². The van der Waals surface area contributed by atoms with Gasteiger partial charge in [0.1, 0.15) is 17.1 Å². The van der Waals surface area contributed by atoms with E-state index in [-0.39, 0.29) is 18.0 Å². The molecular weight excluding hydrogens is 354 g/mol. The molecule has 0 unspecified atom stereocenters. The molecule has 0 heterocycles. The monoisotopic (exact) mass is 375 g/mol. The second-order valence-electron chi connectivity index (χ2n) is 6.31. The highest BCUT2D eigenvalue weighted by molar-refractivity contribution is 5.64. The summed E-state index contributed by atoms with van der Waals surface area (Å²) in [6, 6.07) is 12.6. The van der Waals surface area contributed by atoms with Crippen LogP contribution in [0.15, 0.2) is 48.5 Å². The van der Waals surface area contributed by atoms with Crippen molar-refractivity contribution >= 4 is 11.8 Å². The summed E-state index contributed by atoms with van der Waals surface area (Å²) in [6.07, 6.45) is -0.915. The molecule has 27 heavy (non-hydrogen) atoms. The van der Waals surface area contributed by atoms with Crippen molar-refractivity contribution in [2.45, 2.75) is 26.1 Å². The van der Waals surface area contributed by atoms with Crippen LogP contribution in [0.4, 0.5) is 10.5 Å². The quantitative estimate of drug-likeness (QED) is 0.296. The van der Waals surface area contributed by atoms with Crippen LogP contribution >= 0.6 is 0 Å². The van der Waals surface area contributed by atoms with E-state index < -0.39 is 16.7 Å². The molecule has 0 aliphatic rings. The van der Waals surface area contributed by atoms with Crippen molar-refractivity contribution in [1.29, 1.82) is 0 Å². The van der Waals surface area contributed by atoms with Gasteiger partial charge in [0.2, 0.25) is 0 Å². The van der Waals surface area contributed by atoms with E-state index in [1.165, 1.54) is 24.3 Å². The molecule has 2 aromatic carbocycles. The Kier molecular flexibility index (Phi) is 6.73. The summed E-state index contributed by atoms with van der Waals surface area (Å²) in [7, 11) is 1.60. The summed E-state index contributed by atoms with van der Waals surface area (Å²) in [5.41, 5.74) is -0.0484. The van der Waals surface area contributed by atoms with Crippen LogP contribution in [-0.2, 0) is 16.1 Å². The number of hydrogen-bond acceptors (Lipinski definition) is 7. The number of methoxy groups -OCH3 is 1. The number of nitro benzene ring substituents is 1. The Hall–Kier alpha value is -3.13. The minimum absolute atomic E-state index is 0.0945. The van der Waals surface area contributed by atoms with E-state index in [2.05, 4.69) is 0 Å². The van der Waals surface area contributed by atoms with Gasteiger partial charge in [-0.3, -0.25) is 10.1 Å². The van der Waals surface area contributed by atoms with Crippen LogP contribution in [0.25, 0.3) is 0 Å². The number of nitrogens with zero attached hydrogens (tertiary/aromatic N) is 1. The van der Waals surface area contributed by atoms with Crippen LogP contribution in [-0.4, -0.2) is 30.4 Å². The molecule has 0 atom stereocenters. The minimum Gasteiger partial charge on any atom is -0.497 e. The van der Waals surface area contributed by atoms with E-state index in [1.807, 2.05) is 24.3 Å². The fourth-order valence-electron chi connectivity index (χ4n) is 2.14. The molecule has 0 spiro atoms. The molecule has 8 nitrogen and oxygen atoms in total. The summed E-state index contributed by atoms with van der Waals surface area (Å²) in [5.74, 6) is 0.914. The second kappa shape index (κ2) is 9.00. The zero-order valence-corrected chi connectivity index (χ0v) is 15.3. The van der Waals surface area contributed by atoms with E-state index in [0.717, 1.165) is 11.3 Å². The standard InChI is InChI=1S/C19H21NO7/c1-19(2,13-25-12-14-4-8-16(24-3)9-5-14)27-18(21)26-17-10-6-15(7-11-17)20(22)23/h4-11H,12-13H2,1-3H3. The number of rotatable bonds is 8. The highest BCUT2D eigenvalue weighted by atomic mass is 16.7. The first-order valence-electron chi connectivity index (χ1n) is 8.15. The van der Waals surface area contributed by atoms with Gasteiger partial charge in [-0.2, -0.15) is 0 Å². The van der Waals surface area contributed by atoms with Crippen LogP contribution in [0.3, 0.4) is 0 Å². The van der Waals surface area contributed by atoms with E-state index >= 15 is 0 Å². The third-order valence-electron chi connectivity index (χ3n) is 3.49. The van der Waals surface area contributed by atoms with E-state index in [4.69, 9.17) is 18.9 Å². The molecule has 0 aromatic heterocycles. The fraction of sp³-hybridized carbons (Fsp3) is 0.316. The molecule has 144 valence electrons. The van der Waals surface area contributed by atoms with Gasteiger partial charge in [-0.05, 0) is 43.7 Å². The predicted octanol–water partition coefficient (Wildman–Crippen LogP) is 4.11. The Bertz CT molecular complexity index is 770. The molecule has 8 heteroatoms. The molecule has 0 aliphatic carbocycles. The highest BCUT2D eigenvalue weighted by Crippen LogP contribution is 2.19. The van der Waals surface area contributed by atoms with Gasteiger partial charge in [-0.25, -0.2) is 4.79 Å². The largest absolute Gasteiger partial charge is 0.514 e. The highest BCUT2D eigenvalue weighted by Gasteiger charge is 2.25.